The van der Waals surface area contributed by atoms with Gasteiger partial charge < -0.3 is 19.7 Å². The van der Waals surface area contributed by atoms with Gasteiger partial charge in [0.1, 0.15) is 11.5 Å². The SMILES string of the molecule is CCCN=C(NCC)N(C)Cc1ccc(OC)cc1OC. The van der Waals surface area contributed by atoms with E-state index < -0.39 is 0 Å². The van der Waals surface area contributed by atoms with Crippen molar-refractivity contribution in [2.75, 3.05) is 34.4 Å². The zero-order valence-electron chi connectivity index (χ0n) is 13.8. The topological polar surface area (TPSA) is 46.1 Å². The molecule has 0 amide bonds. The van der Waals surface area contributed by atoms with Gasteiger partial charge in [-0.1, -0.05) is 6.92 Å². The van der Waals surface area contributed by atoms with E-state index in [2.05, 4.69) is 29.1 Å². The lowest BCUT2D eigenvalue weighted by Gasteiger charge is -2.23. The Morgan fingerprint density at radius 2 is 2.00 bits per heavy atom. The van der Waals surface area contributed by atoms with Crippen LogP contribution < -0.4 is 14.8 Å². The van der Waals surface area contributed by atoms with E-state index in [9.17, 15) is 0 Å². The fraction of sp³-hybridized carbons (Fsp3) is 0.562. The number of ether oxygens (including phenoxy) is 2. The molecule has 1 N–H and O–H groups in total. The maximum absolute atomic E-state index is 5.44. The highest BCUT2D eigenvalue weighted by Gasteiger charge is 2.11. The number of guanidine groups is 1. The molecule has 0 radical (unpaired) electrons. The summed E-state index contributed by atoms with van der Waals surface area (Å²) in [5.74, 6) is 2.54. The third kappa shape index (κ3) is 5.17. The number of nitrogens with zero attached hydrogens (tertiary/aromatic N) is 2. The molecule has 118 valence electrons. The lowest BCUT2D eigenvalue weighted by atomic mass is 10.2. The smallest absolute Gasteiger partial charge is 0.193 e. The quantitative estimate of drug-likeness (QED) is 0.620. The van der Waals surface area contributed by atoms with Gasteiger partial charge in [-0.2, -0.15) is 0 Å². The minimum Gasteiger partial charge on any atom is -0.497 e. The fourth-order valence-corrected chi connectivity index (χ4v) is 2.00. The van der Waals surface area contributed by atoms with Gasteiger partial charge in [0.2, 0.25) is 0 Å². The third-order valence-electron chi connectivity index (χ3n) is 3.08. The Morgan fingerprint density at radius 3 is 2.57 bits per heavy atom. The van der Waals surface area contributed by atoms with Crippen LogP contribution in [0.4, 0.5) is 0 Å². The van der Waals surface area contributed by atoms with E-state index in [1.807, 2.05) is 25.2 Å². The van der Waals surface area contributed by atoms with Crippen LogP contribution in [0.3, 0.4) is 0 Å². The van der Waals surface area contributed by atoms with E-state index >= 15 is 0 Å². The number of aliphatic imine (C=N–C) groups is 1. The van der Waals surface area contributed by atoms with Crippen molar-refractivity contribution in [3.63, 3.8) is 0 Å². The summed E-state index contributed by atoms with van der Waals surface area (Å²) in [6, 6.07) is 5.87. The van der Waals surface area contributed by atoms with Gasteiger partial charge in [0, 0.05) is 38.3 Å². The van der Waals surface area contributed by atoms with Crippen LogP contribution in [0.5, 0.6) is 11.5 Å². The van der Waals surface area contributed by atoms with Crippen LogP contribution in [0, 0.1) is 0 Å². The Balaban J connectivity index is 2.87. The van der Waals surface area contributed by atoms with Crippen LogP contribution in [-0.4, -0.2) is 45.2 Å². The molecule has 0 aromatic heterocycles. The molecule has 0 saturated heterocycles. The molecule has 0 atom stereocenters. The number of methoxy groups -OCH3 is 2. The second-order valence-electron chi connectivity index (χ2n) is 4.77. The average Bonchev–Trinajstić information content (AvgIpc) is 2.51. The average molecular weight is 293 g/mol. The zero-order valence-corrected chi connectivity index (χ0v) is 13.8. The molecule has 0 saturated carbocycles. The van der Waals surface area contributed by atoms with Crippen molar-refractivity contribution in [3.8, 4) is 11.5 Å². The first-order valence-electron chi connectivity index (χ1n) is 7.36. The first kappa shape index (κ1) is 17.1. The van der Waals surface area contributed by atoms with Crippen LogP contribution in [0.15, 0.2) is 23.2 Å². The second-order valence-corrected chi connectivity index (χ2v) is 4.77. The largest absolute Gasteiger partial charge is 0.497 e. The summed E-state index contributed by atoms with van der Waals surface area (Å²) < 4.78 is 10.7. The summed E-state index contributed by atoms with van der Waals surface area (Å²) in [4.78, 5) is 6.68. The minimum absolute atomic E-state index is 0.725. The molecule has 0 aliphatic carbocycles. The van der Waals surface area contributed by atoms with Crippen LogP contribution in [0.2, 0.25) is 0 Å². The normalized spacial score (nSPS) is 11.2. The molecule has 0 unspecified atom stereocenters. The maximum Gasteiger partial charge on any atom is 0.193 e. The van der Waals surface area contributed by atoms with Crippen molar-refractivity contribution in [3.05, 3.63) is 23.8 Å². The van der Waals surface area contributed by atoms with E-state index in [0.29, 0.717) is 0 Å². The molecule has 1 aromatic carbocycles. The Kier molecular flexibility index (Phi) is 7.43. The molecule has 5 heteroatoms. The summed E-state index contributed by atoms with van der Waals surface area (Å²) in [6.45, 7) is 6.60. The highest BCUT2D eigenvalue weighted by molar-refractivity contribution is 5.79. The van der Waals surface area contributed by atoms with Crippen LogP contribution in [0.25, 0.3) is 0 Å². The summed E-state index contributed by atoms with van der Waals surface area (Å²) in [7, 11) is 5.36. The number of hydrogen-bond acceptors (Lipinski definition) is 3. The zero-order chi connectivity index (χ0) is 15.7. The van der Waals surface area contributed by atoms with Gasteiger partial charge >= 0.3 is 0 Å². The fourth-order valence-electron chi connectivity index (χ4n) is 2.00. The van der Waals surface area contributed by atoms with Gasteiger partial charge in [0.15, 0.2) is 5.96 Å². The van der Waals surface area contributed by atoms with E-state index in [4.69, 9.17) is 9.47 Å². The number of hydrogen-bond donors (Lipinski definition) is 1. The molecule has 0 aliphatic rings. The third-order valence-corrected chi connectivity index (χ3v) is 3.08. The Hall–Kier alpha value is -1.91. The minimum atomic E-state index is 0.725. The Labute approximate surface area is 128 Å². The molecule has 5 nitrogen and oxygen atoms in total. The monoisotopic (exact) mass is 293 g/mol. The lowest BCUT2D eigenvalue weighted by molar-refractivity contribution is 0.382. The predicted octanol–water partition coefficient (Wildman–Crippen LogP) is 2.51. The molecule has 1 aromatic rings. The van der Waals surface area contributed by atoms with Gasteiger partial charge in [-0.05, 0) is 25.5 Å². The van der Waals surface area contributed by atoms with Gasteiger partial charge in [0.25, 0.3) is 0 Å². The van der Waals surface area contributed by atoms with E-state index in [1.165, 1.54) is 0 Å². The van der Waals surface area contributed by atoms with Crippen LogP contribution in [-0.2, 0) is 6.54 Å². The molecule has 21 heavy (non-hydrogen) atoms. The van der Waals surface area contributed by atoms with Crippen LogP contribution >= 0.6 is 0 Å². The first-order chi connectivity index (χ1) is 10.2. The molecular formula is C16H27N3O2. The van der Waals surface area contributed by atoms with Crippen molar-refractivity contribution in [2.24, 2.45) is 4.99 Å². The number of rotatable bonds is 7. The van der Waals surface area contributed by atoms with E-state index in [1.54, 1.807) is 14.2 Å². The highest BCUT2D eigenvalue weighted by atomic mass is 16.5. The van der Waals surface area contributed by atoms with Crippen molar-refractivity contribution in [2.45, 2.75) is 26.8 Å². The predicted molar refractivity (Wildman–Crippen MR) is 87.3 cm³/mol. The maximum atomic E-state index is 5.44. The van der Waals surface area contributed by atoms with Gasteiger partial charge in [-0.15, -0.1) is 0 Å². The van der Waals surface area contributed by atoms with Crippen molar-refractivity contribution in [1.29, 1.82) is 0 Å². The summed E-state index contributed by atoms with van der Waals surface area (Å²) in [5, 5.41) is 3.31. The van der Waals surface area contributed by atoms with Crippen molar-refractivity contribution in [1.82, 2.24) is 10.2 Å². The van der Waals surface area contributed by atoms with Crippen molar-refractivity contribution < 1.29 is 9.47 Å². The highest BCUT2D eigenvalue weighted by Crippen LogP contribution is 2.25. The summed E-state index contributed by atoms with van der Waals surface area (Å²) in [6.07, 6.45) is 1.04. The molecular weight excluding hydrogens is 266 g/mol. The standard InChI is InChI=1S/C16H27N3O2/c1-6-10-18-16(17-7-2)19(3)12-13-8-9-14(20-4)11-15(13)21-5/h8-9,11H,6-7,10,12H2,1-5H3,(H,17,18). The van der Waals surface area contributed by atoms with E-state index in [0.717, 1.165) is 49.1 Å². The van der Waals surface area contributed by atoms with Crippen LogP contribution in [0.1, 0.15) is 25.8 Å². The molecule has 0 aliphatic heterocycles. The Bertz CT molecular complexity index is 461. The van der Waals surface area contributed by atoms with Gasteiger partial charge in [0.05, 0.1) is 14.2 Å². The Morgan fingerprint density at radius 1 is 1.24 bits per heavy atom. The summed E-state index contributed by atoms with van der Waals surface area (Å²) >= 11 is 0. The number of nitrogens with one attached hydrogen (secondary N) is 1. The first-order valence-corrected chi connectivity index (χ1v) is 7.36. The second kappa shape index (κ2) is 9.10. The molecule has 0 spiro atoms. The molecule has 0 fully saturated rings. The lowest BCUT2D eigenvalue weighted by Crippen LogP contribution is -2.38. The van der Waals surface area contributed by atoms with Crippen molar-refractivity contribution >= 4 is 5.96 Å². The van der Waals surface area contributed by atoms with Gasteiger partial charge in [-0.3, -0.25) is 4.99 Å². The summed E-state index contributed by atoms with van der Waals surface area (Å²) in [5.41, 5.74) is 1.10. The van der Waals surface area contributed by atoms with Gasteiger partial charge in [-0.25, -0.2) is 0 Å². The van der Waals surface area contributed by atoms with E-state index in [-0.39, 0.29) is 0 Å². The number of benzene rings is 1. The molecule has 0 bridgehead atoms. The molecule has 1 rings (SSSR count). The molecule has 0 heterocycles.